The summed E-state index contributed by atoms with van der Waals surface area (Å²) in [6, 6.07) is 13.2. The zero-order valence-corrected chi connectivity index (χ0v) is 24.6. The highest BCUT2D eigenvalue weighted by Crippen LogP contribution is 2.26. The first-order valence-electron chi connectivity index (χ1n) is 14.2. The minimum Gasteiger partial charge on any atom is -0.481 e. The molecule has 10 heteroatoms. The van der Waals surface area contributed by atoms with E-state index in [1.165, 1.54) is 17.5 Å². The van der Waals surface area contributed by atoms with E-state index in [0.29, 0.717) is 31.1 Å². The molecule has 1 saturated heterocycles. The van der Waals surface area contributed by atoms with Crippen molar-refractivity contribution in [3.05, 3.63) is 54.1 Å². The minimum absolute atomic E-state index is 0.265. The number of carboxylic acid groups (broad SMARTS) is 1. The molecule has 0 aliphatic carbocycles. The van der Waals surface area contributed by atoms with E-state index in [-0.39, 0.29) is 5.92 Å². The van der Waals surface area contributed by atoms with Crippen molar-refractivity contribution >= 4 is 23.7 Å². The number of hydrazine groups is 1. The van der Waals surface area contributed by atoms with Crippen LogP contribution in [0.3, 0.4) is 0 Å². The molecule has 3 amide bonds. The lowest BCUT2D eigenvalue weighted by molar-refractivity contribution is -0.148. The summed E-state index contributed by atoms with van der Waals surface area (Å²) in [5, 5.41) is 15.9. The number of hydrogen-bond donors (Lipinski definition) is 4. The van der Waals surface area contributed by atoms with Gasteiger partial charge in [0.25, 0.3) is 11.8 Å². The van der Waals surface area contributed by atoms with Gasteiger partial charge >= 0.3 is 5.97 Å². The first-order valence-corrected chi connectivity index (χ1v) is 14.2. The Hall–Kier alpha value is -3.92. The molecule has 10 nitrogen and oxygen atoms in total. The molecule has 1 aliphatic heterocycles. The van der Waals surface area contributed by atoms with Gasteiger partial charge in [0.1, 0.15) is 23.9 Å². The van der Waals surface area contributed by atoms with Crippen molar-refractivity contribution < 1.29 is 29.0 Å². The predicted molar refractivity (Wildman–Crippen MR) is 156 cm³/mol. The Balaban J connectivity index is 1.57. The van der Waals surface area contributed by atoms with Gasteiger partial charge in [0.05, 0.1) is 0 Å². The number of carboxylic acids is 1. The molecular weight excluding hydrogens is 524 g/mol. The van der Waals surface area contributed by atoms with Crippen molar-refractivity contribution in [2.75, 3.05) is 6.54 Å². The average Bonchev–Trinajstić information content (AvgIpc) is 2.95. The van der Waals surface area contributed by atoms with Crippen LogP contribution in [0.25, 0.3) is 11.1 Å². The summed E-state index contributed by atoms with van der Waals surface area (Å²) in [7, 11) is 0. The van der Waals surface area contributed by atoms with Crippen LogP contribution in [-0.2, 0) is 19.2 Å². The molecule has 4 atom stereocenters. The molecule has 0 aromatic heterocycles. The van der Waals surface area contributed by atoms with Crippen LogP contribution in [0.2, 0.25) is 0 Å². The fourth-order valence-corrected chi connectivity index (χ4v) is 4.59. The Morgan fingerprint density at radius 3 is 2.22 bits per heavy atom. The largest absolute Gasteiger partial charge is 0.481 e. The number of carbonyl (C=O) groups excluding carboxylic acids is 3. The Morgan fingerprint density at radius 1 is 0.927 bits per heavy atom. The van der Waals surface area contributed by atoms with E-state index in [0.717, 1.165) is 11.1 Å². The number of nitrogens with zero attached hydrogens (tertiary/aromatic N) is 1. The molecule has 222 valence electrons. The second-order valence-corrected chi connectivity index (χ2v) is 11.2. The van der Waals surface area contributed by atoms with Gasteiger partial charge < -0.3 is 20.5 Å². The predicted octanol–water partition coefficient (Wildman–Crippen LogP) is 3.47. The second-order valence-electron chi connectivity index (χ2n) is 11.2. The molecule has 0 saturated carbocycles. The summed E-state index contributed by atoms with van der Waals surface area (Å²) in [6.07, 6.45) is 0.0777. The van der Waals surface area contributed by atoms with E-state index >= 15 is 0 Å². The summed E-state index contributed by atoms with van der Waals surface area (Å²) >= 11 is 0. The van der Waals surface area contributed by atoms with Crippen molar-refractivity contribution in [1.82, 2.24) is 21.1 Å². The minimum atomic E-state index is -1.04. The fourth-order valence-electron chi connectivity index (χ4n) is 4.59. The van der Waals surface area contributed by atoms with Gasteiger partial charge in [-0.15, -0.1) is 0 Å². The highest BCUT2D eigenvalue weighted by molar-refractivity contribution is 5.93. The lowest BCUT2D eigenvalue weighted by Gasteiger charge is -2.34. The van der Waals surface area contributed by atoms with Gasteiger partial charge in [0, 0.05) is 6.54 Å². The molecule has 41 heavy (non-hydrogen) atoms. The normalized spacial score (nSPS) is 17.5. The maximum atomic E-state index is 13.1. The van der Waals surface area contributed by atoms with Gasteiger partial charge in [0.2, 0.25) is 5.91 Å². The Labute approximate surface area is 241 Å². The number of carbonyl (C=O) groups is 4. The van der Waals surface area contributed by atoms with Crippen LogP contribution in [-0.4, -0.2) is 64.6 Å². The van der Waals surface area contributed by atoms with Crippen LogP contribution < -0.4 is 20.8 Å². The van der Waals surface area contributed by atoms with E-state index in [9.17, 15) is 24.3 Å². The van der Waals surface area contributed by atoms with Gasteiger partial charge in [-0.25, -0.2) is 5.43 Å². The Morgan fingerprint density at radius 2 is 1.61 bits per heavy atom. The molecule has 0 spiro atoms. The second kappa shape index (κ2) is 14.1. The maximum absolute atomic E-state index is 13.1. The summed E-state index contributed by atoms with van der Waals surface area (Å²) in [5.74, 6) is -1.78. The Kier molecular flexibility index (Phi) is 10.9. The molecule has 1 heterocycles. The van der Waals surface area contributed by atoms with E-state index in [2.05, 4.69) is 48.1 Å². The van der Waals surface area contributed by atoms with E-state index in [4.69, 9.17) is 4.74 Å². The SMILES string of the molecule is CC(C)c1cccc(-c2ccc(O[C@@H](C)C(=O)N[C@H](C(=O)N[C@@H](C)C(=O)N3CCC[C@@H](C(=O)O)N3)C(C)C)cc2)c1. The molecule has 1 fully saturated rings. The van der Waals surface area contributed by atoms with E-state index < -0.39 is 47.9 Å². The highest BCUT2D eigenvalue weighted by atomic mass is 16.5. The molecule has 1 aliphatic rings. The molecule has 0 radical (unpaired) electrons. The molecular formula is C31H42N4O6. The lowest BCUT2D eigenvalue weighted by atomic mass is 9.97. The van der Waals surface area contributed by atoms with Crippen LogP contribution in [0.15, 0.2) is 48.5 Å². The number of rotatable bonds is 11. The van der Waals surface area contributed by atoms with Crippen LogP contribution in [0.5, 0.6) is 5.75 Å². The fraction of sp³-hybridized carbons (Fsp3) is 0.484. The third kappa shape index (κ3) is 8.53. The number of amides is 3. The number of hydrogen-bond acceptors (Lipinski definition) is 6. The number of aliphatic carboxylic acids is 1. The van der Waals surface area contributed by atoms with Crippen molar-refractivity contribution in [1.29, 1.82) is 0 Å². The van der Waals surface area contributed by atoms with Crippen molar-refractivity contribution in [3.63, 3.8) is 0 Å². The third-order valence-electron chi connectivity index (χ3n) is 7.15. The van der Waals surface area contributed by atoms with Gasteiger partial charge in [0.15, 0.2) is 6.10 Å². The Bertz CT molecular complexity index is 1230. The van der Waals surface area contributed by atoms with E-state index in [1.807, 2.05) is 30.3 Å². The molecule has 0 unspecified atom stereocenters. The van der Waals surface area contributed by atoms with Crippen molar-refractivity contribution in [3.8, 4) is 16.9 Å². The van der Waals surface area contributed by atoms with E-state index in [1.54, 1.807) is 20.8 Å². The highest BCUT2D eigenvalue weighted by Gasteiger charge is 2.33. The molecule has 0 bridgehead atoms. The van der Waals surface area contributed by atoms with Crippen LogP contribution >= 0.6 is 0 Å². The topological polar surface area (TPSA) is 137 Å². The molecule has 2 aromatic carbocycles. The third-order valence-corrected chi connectivity index (χ3v) is 7.15. The monoisotopic (exact) mass is 566 g/mol. The summed E-state index contributed by atoms with van der Waals surface area (Å²) < 4.78 is 5.86. The van der Waals surface area contributed by atoms with Gasteiger partial charge in [-0.3, -0.25) is 24.2 Å². The smallest absolute Gasteiger partial charge is 0.322 e. The van der Waals surface area contributed by atoms with Crippen molar-refractivity contribution in [2.24, 2.45) is 5.92 Å². The van der Waals surface area contributed by atoms with Crippen molar-refractivity contribution in [2.45, 2.75) is 84.5 Å². The first-order chi connectivity index (χ1) is 19.4. The van der Waals surface area contributed by atoms with Gasteiger partial charge in [-0.05, 0) is 67.3 Å². The van der Waals surface area contributed by atoms with Gasteiger partial charge in [-0.1, -0.05) is 64.1 Å². The van der Waals surface area contributed by atoms with Crippen LogP contribution in [0, 0.1) is 5.92 Å². The molecule has 3 rings (SSSR count). The summed E-state index contributed by atoms with van der Waals surface area (Å²) in [6.45, 7) is 11.4. The van der Waals surface area contributed by atoms with Crippen LogP contribution in [0.1, 0.15) is 65.9 Å². The number of nitrogens with one attached hydrogen (secondary N) is 3. The van der Waals surface area contributed by atoms with Crippen LogP contribution in [0.4, 0.5) is 0 Å². The summed E-state index contributed by atoms with van der Waals surface area (Å²) in [4.78, 5) is 50.2. The van der Waals surface area contributed by atoms with Gasteiger partial charge in [-0.2, -0.15) is 0 Å². The average molecular weight is 567 g/mol. The maximum Gasteiger partial charge on any atom is 0.322 e. The lowest BCUT2D eigenvalue weighted by Crippen LogP contribution is -2.61. The first kappa shape index (κ1) is 31.6. The quantitative estimate of drug-likeness (QED) is 0.327. The zero-order chi connectivity index (χ0) is 30.3. The standard InChI is InChI=1S/C31H42N4O6/c1-18(2)23-9-7-10-24(17-23)22-12-14-25(15-13-22)41-21(6)28(36)33-27(19(3)4)29(37)32-20(5)30(38)35-16-8-11-26(34-35)31(39)40/h7,9-10,12-15,17-21,26-27,34H,8,11,16H2,1-6H3,(H,32,37)(H,33,36)(H,39,40)/t20-,21-,26-,27-/m0/s1. The zero-order valence-electron chi connectivity index (χ0n) is 24.6. The molecule has 4 N–H and O–H groups in total. The number of benzene rings is 2. The summed E-state index contributed by atoms with van der Waals surface area (Å²) in [5.41, 5.74) is 6.09. The number of ether oxygens (including phenoxy) is 1. The molecule has 2 aromatic rings.